The quantitative estimate of drug-likeness (QED) is 0.441. The average molecular weight is 449 g/mol. The van der Waals surface area contributed by atoms with Crippen molar-refractivity contribution in [3.05, 3.63) is 81.2 Å². The maximum absolute atomic E-state index is 12.6. The van der Waals surface area contributed by atoms with Crippen molar-refractivity contribution in [1.29, 1.82) is 0 Å². The van der Waals surface area contributed by atoms with Crippen molar-refractivity contribution in [2.24, 2.45) is 0 Å². The van der Waals surface area contributed by atoms with Crippen LogP contribution in [0.5, 0.6) is 5.75 Å². The van der Waals surface area contributed by atoms with Crippen molar-refractivity contribution in [2.75, 3.05) is 5.32 Å². The Labute approximate surface area is 179 Å². The molecule has 2 heterocycles. The van der Waals surface area contributed by atoms with Gasteiger partial charge in [-0.15, -0.1) is 13.2 Å². The first-order chi connectivity index (χ1) is 14.7. The number of aryl methyl sites for hydroxylation is 1. The summed E-state index contributed by atoms with van der Waals surface area (Å²) in [7, 11) is 0. The van der Waals surface area contributed by atoms with Crippen LogP contribution in [0.1, 0.15) is 11.3 Å². The molecule has 0 fully saturated rings. The van der Waals surface area contributed by atoms with Crippen molar-refractivity contribution < 1.29 is 17.9 Å². The van der Waals surface area contributed by atoms with Gasteiger partial charge in [0.25, 0.3) is 5.56 Å². The van der Waals surface area contributed by atoms with E-state index in [1.54, 1.807) is 35.0 Å². The lowest BCUT2D eigenvalue weighted by Crippen LogP contribution is -2.17. The Morgan fingerprint density at radius 2 is 1.81 bits per heavy atom. The van der Waals surface area contributed by atoms with Gasteiger partial charge in [0.05, 0.1) is 11.4 Å². The Kier molecular flexibility index (Phi) is 5.36. The molecule has 31 heavy (non-hydrogen) atoms. The minimum Gasteiger partial charge on any atom is -0.406 e. The molecule has 160 valence electrons. The zero-order valence-corrected chi connectivity index (χ0v) is 16.9. The highest BCUT2D eigenvalue weighted by Gasteiger charge is 2.30. The van der Waals surface area contributed by atoms with Gasteiger partial charge in [-0.05, 0) is 61.5 Å². The zero-order valence-electron chi connectivity index (χ0n) is 16.1. The Balaban J connectivity index is 1.56. The summed E-state index contributed by atoms with van der Waals surface area (Å²) < 4.78 is 42.2. The normalized spacial score (nSPS) is 11.6. The molecule has 0 radical (unpaired) electrons. The van der Waals surface area contributed by atoms with Gasteiger partial charge in [0.2, 0.25) is 0 Å². The summed E-state index contributed by atoms with van der Waals surface area (Å²) >= 11 is 5.94. The topological polar surface area (TPSA) is 71.9 Å². The standard InChI is InChI=1S/C21H16ClF3N4O2/c1-12-18-10-13(11-26-15-4-8-17(9-5-15)31-21(23,24)25)20(30)27-19(18)29(28-12)16-6-2-14(22)3-7-16/h2-10,26H,11H2,1H3,(H,27,30). The second-order valence-corrected chi connectivity index (χ2v) is 7.22. The molecule has 0 saturated heterocycles. The lowest BCUT2D eigenvalue weighted by Gasteiger charge is -2.10. The van der Waals surface area contributed by atoms with E-state index in [1.165, 1.54) is 24.3 Å². The van der Waals surface area contributed by atoms with E-state index in [0.29, 0.717) is 21.9 Å². The van der Waals surface area contributed by atoms with Gasteiger partial charge in [-0.25, -0.2) is 4.68 Å². The van der Waals surface area contributed by atoms with E-state index >= 15 is 0 Å². The molecule has 0 amide bonds. The molecule has 2 aromatic carbocycles. The summed E-state index contributed by atoms with van der Waals surface area (Å²) in [5.74, 6) is -0.317. The van der Waals surface area contributed by atoms with Crippen LogP contribution in [0, 0.1) is 6.92 Å². The Bertz CT molecular complexity index is 1280. The number of nitrogens with one attached hydrogen (secondary N) is 2. The van der Waals surface area contributed by atoms with Crippen molar-refractivity contribution in [1.82, 2.24) is 14.8 Å². The summed E-state index contributed by atoms with van der Waals surface area (Å²) in [6, 6.07) is 14.1. The highest BCUT2D eigenvalue weighted by molar-refractivity contribution is 6.30. The van der Waals surface area contributed by atoms with Crippen LogP contribution in [-0.2, 0) is 6.54 Å². The number of hydrogen-bond donors (Lipinski definition) is 2. The molecule has 0 atom stereocenters. The number of fused-ring (bicyclic) bond motifs is 1. The molecule has 0 aliphatic heterocycles. The molecule has 4 rings (SSSR count). The summed E-state index contributed by atoms with van der Waals surface area (Å²) in [6.45, 7) is 2.01. The van der Waals surface area contributed by atoms with E-state index < -0.39 is 6.36 Å². The lowest BCUT2D eigenvalue weighted by atomic mass is 10.2. The highest BCUT2D eigenvalue weighted by atomic mass is 35.5. The average Bonchev–Trinajstić information content (AvgIpc) is 3.02. The number of halogens is 4. The molecule has 0 bridgehead atoms. The van der Waals surface area contributed by atoms with E-state index in [4.69, 9.17) is 11.6 Å². The number of ether oxygens (including phenoxy) is 1. The second-order valence-electron chi connectivity index (χ2n) is 6.79. The third-order valence-electron chi connectivity index (χ3n) is 4.59. The summed E-state index contributed by atoms with van der Waals surface area (Å²) in [6.07, 6.45) is -4.74. The van der Waals surface area contributed by atoms with Crippen LogP contribution in [0.2, 0.25) is 5.02 Å². The Hall–Kier alpha value is -3.46. The van der Waals surface area contributed by atoms with Crippen molar-refractivity contribution in [2.45, 2.75) is 19.8 Å². The number of aromatic nitrogens is 3. The summed E-state index contributed by atoms with van der Waals surface area (Å²) in [4.78, 5) is 15.5. The van der Waals surface area contributed by atoms with Crippen molar-refractivity contribution in [3.63, 3.8) is 0 Å². The predicted octanol–water partition coefficient (Wildman–Crippen LogP) is 5.19. The Morgan fingerprint density at radius 1 is 1.13 bits per heavy atom. The number of hydrogen-bond acceptors (Lipinski definition) is 4. The fraction of sp³-hybridized carbons (Fsp3) is 0.143. The number of alkyl halides is 3. The molecule has 2 aromatic heterocycles. The fourth-order valence-corrected chi connectivity index (χ4v) is 3.26. The van der Waals surface area contributed by atoms with E-state index in [9.17, 15) is 18.0 Å². The smallest absolute Gasteiger partial charge is 0.406 e. The molecule has 2 N–H and O–H groups in total. The van der Waals surface area contributed by atoms with E-state index in [1.807, 2.05) is 6.92 Å². The molecule has 10 heteroatoms. The molecular weight excluding hydrogens is 433 g/mol. The number of anilines is 1. The van der Waals surface area contributed by atoms with Gasteiger partial charge < -0.3 is 15.0 Å². The van der Waals surface area contributed by atoms with E-state index in [-0.39, 0.29) is 17.9 Å². The van der Waals surface area contributed by atoms with Gasteiger partial charge in [0.1, 0.15) is 11.4 Å². The molecule has 6 nitrogen and oxygen atoms in total. The third-order valence-corrected chi connectivity index (χ3v) is 4.84. The fourth-order valence-electron chi connectivity index (χ4n) is 3.13. The van der Waals surface area contributed by atoms with Gasteiger partial charge in [0, 0.05) is 28.2 Å². The van der Waals surface area contributed by atoms with Crippen LogP contribution < -0.4 is 15.6 Å². The van der Waals surface area contributed by atoms with Gasteiger partial charge in [-0.3, -0.25) is 4.79 Å². The number of pyridine rings is 1. The maximum Gasteiger partial charge on any atom is 0.573 e. The monoisotopic (exact) mass is 448 g/mol. The van der Waals surface area contributed by atoms with Crippen molar-refractivity contribution in [3.8, 4) is 11.4 Å². The molecule has 0 aliphatic carbocycles. The number of benzene rings is 2. The van der Waals surface area contributed by atoms with E-state index in [2.05, 4.69) is 20.1 Å². The van der Waals surface area contributed by atoms with Crippen LogP contribution in [0.3, 0.4) is 0 Å². The van der Waals surface area contributed by atoms with Crippen LogP contribution in [0.4, 0.5) is 18.9 Å². The first kappa shape index (κ1) is 20.8. The Morgan fingerprint density at radius 3 is 2.45 bits per heavy atom. The van der Waals surface area contributed by atoms with Crippen LogP contribution >= 0.6 is 11.6 Å². The predicted molar refractivity (Wildman–Crippen MR) is 112 cm³/mol. The number of rotatable bonds is 5. The van der Waals surface area contributed by atoms with Crippen LogP contribution in [-0.4, -0.2) is 21.1 Å². The highest BCUT2D eigenvalue weighted by Crippen LogP contribution is 2.25. The zero-order chi connectivity index (χ0) is 22.2. The number of nitrogens with zero attached hydrogens (tertiary/aromatic N) is 2. The molecule has 0 unspecified atom stereocenters. The first-order valence-corrected chi connectivity index (χ1v) is 9.54. The third kappa shape index (κ3) is 4.66. The number of aromatic amines is 1. The van der Waals surface area contributed by atoms with Crippen LogP contribution in [0.15, 0.2) is 59.4 Å². The minimum atomic E-state index is -4.74. The lowest BCUT2D eigenvalue weighted by molar-refractivity contribution is -0.274. The first-order valence-electron chi connectivity index (χ1n) is 9.17. The SMILES string of the molecule is Cc1nn(-c2ccc(Cl)cc2)c2[nH]c(=O)c(CNc3ccc(OC(F)(F)F)cc3)cc12. The largest absolute Gasteiger partial charge is 0.573 e. The van der Waals surface area contributed by atoms with E-state index in [0.717, 1.165) is 16.8 Å². The molecule has 4 aromatic rings. The molecule has 0 spiro atoms. The maximum atomic E-state index is 12.6. The second kappa shape index (κ2) is 7.99. The van der Waals surface area contributed by atoms with Gasteiger partial charge in [0.15, 0.2) is 0 Å². The van der Waals surface area contributed by atoms with Gasteiger partial charge in [-0.1, -0.05) is 11.6 Å². The van der Waals surface area contributed by atoms with Gasteiger partial charge >= 0.3 is 6.36 Å². The number of H-pyrrole nitrogens is 1. The van der Waals surface area contributed by atoms with Crippen LogP contribution in [0.25, 0.3) is 16.7 Å². The summed E-state index contributed by atoms with van der Waals surface area (Å²) in [5, 5.41) is 8.90. The molecule has 0 aliphatic rings. The van der Waals surface area contributed by atoms with Gasteiger partial charge in [-0.2, -0.15) is 5.10 Å². The van der Waals surface area contributed by atoms with Crippen molar-refractivity contribution >= 4 is 28.3 Å². The minimum absolute atomic E-state index is 0.177. The molecular formula is C21H16ClF3N4O2. The summed E-state index contributed by atoms with van der Waals surface area (Å²) in [5.41, 5.74) is 2.75. The molecule has 0 saturated carbocycles.